The van der Waals surface area contributed by atoms with Crippen molar-refractivity contribution in [2.45, 2.75) is 19.6 Å². The third-order valence-corrected chi connectivity index (χ3v) is 3.11. The van der Waals surface area contributed by atoms with Crippen LogP contribution in [0, 0.1) is 10.1 Å². The van der Waals surface area contributed by atoms with Gasteiger partial charge in [0, 0.05) is 12.1 Å². The Labute approximate surface area is 139 Å². The number of hydrogen-bond acceptors (Lipinski definition) is 5. The molecule has 0 atom stereocenters. The minimum absolute atomic E-state index is 0.00569. The van der Waals surface area contributed by atoms with Gasteiger partial charge in [-0.1, -0.05) is 11.6 Å². The number of carbonyl (C=O) groups excluding carboxylic acids is 1. The maximum Gasteiger partial charge on any atom is 0.389 e. The molecule has 0 spiro atoms. The fourth-order valence-electron chi connectivity index (χ4n) is 1.78. The number of aromatic nitrogens is 2. The van der Waals surface area contributed by atoms with E-state index in [4.69, 9.17) is 11.6 Å². The third-order valence-electron chi connectivity index (χ3n) is 2.81. The quantitative estimate of drug-likeness (QED) is 0.604. The Morgan fingerprint density at radius 3 is 2.79 bits per heavy atom. The van der Waals surface area contributed by atoms with E-state index >= 15 is 0 Å². The molecule has 0 aliphatic carbocycles. The predicted octanol–water partition coefficient (Wildman–Crippen LogP) is 3.07. The molecule has 0 aliphatic rings. The number of aryl methyl sites for hydroxylation is 1. The van der Waals surface area contributed by atoms with Crippen molar-refractivity contribution in [2.75, 3.05) is 5.32 Å². The number of nitrogens with one attached hydrogen (secondary N) is 1. The molecule has 0 saturated carbocycles. The third kappa shape index (κ3) is 4.88. The van der Waals surface area contributed by atoms with E-state index in [-0.39, 0.29) is 29.6 Å². The summed E-state index contributed by atoms with van der Waals surface area (Å²) in [6.45, 7) is -2.86. The predicted molar refractivity (Wildman–Crippen MR) is 80.2 cm³/mol. The number of rotatable bonds is 7. The number of nitrogens with zero attached hydrogens (tertiary/aromatic N) is 3. The first-order valence-corrected chi connectivity index (χ1v) is 6.95. The van der Waals surface area contributed by atoms with Gasteiger partial charge in [0.25, 0.3) is 0 Å². The van der Waals surface area contributed by atoms with Crippen LogP contribution in [-0.4, -0.2) is 27.2 Å². The van der Waals surface area contributed by atoms with Gasteiger partial charge in [-0.15, -0.1) is 0 Å². The fraction of sp³-hybridized carbons (Fsp3) is 0.231. The van der Waals surface area contributed by atoms with Crippen molar-refractivity contribution < 1.29 is 23.2 Å². The molecule has 128 valence electrons. The van der Waals surface area contributed by atoms with Crippen LogP contribution in [0.3, 0.4) is 0 Å². The molecule has 0 radical (unpaired) electrons. The largest absolute Gasteiger partial charge is 0.433 e. The topological polar surface area (TPSA) is 99.3 Å². The number of alkyl halides is 2. The highest BCUT2D eigenvalue weighted by Gasteiger charge is 2.13. The Morgan fingerprint density at radius 1 is 1.46 bits per heavy atom. The van der Waals surface area contributed by atoms with Crippen molar-refractivity contribution >= 4 is 29.0 Å². The summed E-state index contributed by atoms with van der Waals surface area (Å²) >= 11 is 5.77. The second-order valence-corrected chi connectivity index (χ2v) is 4.92. The summed E-state index contributed by atoms with van der Waals surface area (Å²) in [5, 5.41) is 16.6. The molecule has 1 aromatic carbocycles. The van der Waals surface area contributed by atoms with Gasteiger partial charge in [0.05, 0.1) is 28.9 Å². The Hall–Kier alpha value is -2.75. The van der Waals surface area contributed by atoms with Gasteiger partial charge in [-0.3, -0.25) is 4.79 Å². The molecule has 11 heteroatoms. The molecular formula is C13H11ClF2N4O4. The van der Waals surface area contributed by atoms with E-state index in [0.29, 0.717) is 5.69 Å². The first-order valence-electron chi connectivity index (χ1n) is 6.57. The van der Waals surface area contributed by atoms with Gasteiger partial charge >= 0.3 is 12.4 Å². The number of carbonyl (C=O) groups is 1. The first-order chi connectivity index (χ1) is 11.3. The molecule has 2 aromatic rings. The van der Waals surface area contributed by atoms with Crippen LogP contribution in [0.2, 0.25) is 5.02 Å². The van der Waals surface area contributed by atoms with Gasteiger partial charge in [-0.2, -0.15) is 13.5 Å². The zero-order chi connectivity index (χ0) is 17.7. The second kappa shape index (κ2) is 7.68. The average molecular weight is 361 g/mol. The molecule has 1 amide bonds. The van der Waals surface area contributed by atoms with Gasteiger partial charge in [0.2, 0.25) is 5.91 Å². The van der Waals surface area contributed by atoms with Gasteiger partial charge in [0.15, 0.2) is 0 Å². The van der Waals surface area contributed by atoms with Crippen LogP contribution in [0.5, 0.6) is 5.75 Å². The highest BCUT2D eigenvalue weighted by atomic mass is 35.5. The molecule has 8 nitrogen and oxygen atoms in total. The van der Waals surface area contributed by atoms with Crippen LogP contribution >= 0.6 is 11.6 Å². The van der Waals surface area contributed by atoms with Gasteiger partial charge < -0.3 is 20.2 Å². The molecule has 1 aromatic heterocycles. The Kier molecular flexibility index (Phi) is 5.64. The van der Waals surface area contributed by atoms with E-state index in [0.717, 1.165) is 0 Å². The smallest absolute Gasteiger partial charge is 0.389 e. The number of halogens is 3. The lowest BCUT2D eigenvalue weighted by Gasteiger charge is -2.09. The molecule has 0 fully saturated rings. The van der Waals surface area contributed by atoms with Crippen molar-refractivity contribution in [3.63, 3.8) is 0 Å². The summed E-state index contributed by atoms with van der Waals surface area (Å²) in [6, 6.07) is 5.07. The zero-order valence-corrected chi connectivity index (χ0v) is 12.7. The van der Waals surface area contributed by atoms with Crippen molar-refractivity contribution in [1.29, 1.82) is 0 Å². The minimum atomic E-state index is -3.00. The molecular weight excluding hydrogens is 350 g/mol. The summed E-state index contributed by atoms with van der Waals surface area (Å²) in [4.78, 5) is 21.7. The molecule has 1 N–H and O–H groups in total. The average Bonchev–Trinajstić information content (AvgIpc) is 2.97. The lowest BCUT2D eigenvalue weighted by Crippen LogP contribution is -2.15. The van der Waals surface area contributed by atoms with Crippen molar-refractivity contribution in [2.24, 2.45) is 0 Å². The van der Waals surface area contributed by atoms with Crippen LogP contribution in [0.4, 0.5) is 20.3 Å². The summed E-state index contributed by atoms with van der Waals surface area (Å²) < 4.78 is 29.7. The van der Waals surface area contributed by atoms with Crippen molar-refractivity contribution in [3.05, 3.63) is 45.6 Å². The van der Waals surface area contributed by atoms with E-state index in [2.05, 4.69) is 15.2 Å². The first kappa shape index (κ1) is 17.6. The second-order valence-electron chi connectivity index (χ2n) is 4.52. The maximum atomic E-state index is 12.1. The monoisotopic (exact) mass is 360 g/mol. The van der Waals surface area contributed by atoms with Crippen molar-refractivity contribution in [1.82, 2.24) is 9.78 Å². The Bertz CT molecular complexity index is 753. The molecule has 0 saturated heterocycles. The highest BCUT2D eigenvalue weighted by Crippen LogP contribution is 2.28. The molecule has 0 bridgehead atoms. The lowest BCUT2D eigenvalue weighted by molar-refractivity contribution is -0.389. The number of benzene rings is 1. The molecule has 24 heavy (non-hydrogen) atoms. The Morgan fingerprint density at radius 2 is 2.21 bits per heavy atom. The normalized spacial score (nSPS) is 10.7. The van der Waals surface area contributed by atoms with Crippen LogP contribution in [0.1, 0.15) is 6.42 Å². The van der Waals surface area contributed by atoms with Gasteiger partial charge in [-0.05, 0) is 23.1 Å². The SMILES string of the molecule is O=C(CCn1ccc([N+](=O)[O-])n1)Nc1ccc(OC(F)F)c(Cl)c1. The van der Waals surface area contributed by atoms with Gasteiger partial charge in [-0.25, -0.2) is 0 Å². The van der Waals surface area contributed by atoms with Crippen LogP contribution in [0.25, 0.3) is 0 Å². The number of anilines is 1. The molecule has 1 heterocycles. The number of ether oxygens (including phenoxy) is 1. The standard InChI is InChI=1S/C13H11ClF2N4O4/c14-9-7-8(1-2-10(9)24-13(15)16)17-12(21)4-6-19-5-3-11(18-19)20(22)23/h1-3,5,7,13H,4,6H2,(H,17,21). The van der Waals surface area contributed by atoms with Crippen LogP contribution in [0.15, 0.2) is 30.5 Å². The molecule has 2 rings (SSSR count). The maximum absolute atomic E-state index is 12.1. The number of hydrogen-bond donors (Lipinski definition) is 1. The molecule has 0 unspecified atom stereocenters. The minimum Gasteiger partial charge on any atom is -0.433 e. The van der Waals surface area contributed by atoms with Crippen molar-refractivity contribution in [3.8, 4) is 5.75 Å². The number of nitro groups is 1. The highest BCUT2D eigenvalue weighted by molar-refractivity contribution is 6.32. The van der Waals surface area contributed by atoms with E-state index < -0.39 is 17.4 Å². The van der Waals surface area contributed by atoms with E-state index in [1.807, 2.05) is 0 Å². The van der Waals surface area contributed by atoms with E-state index in [1.54, 1.807) is 0 Å². The van der Waals surface area contributed by atoms with Gasteiger partial charge in [0.1, 0.15) is 5.75 Å². The van der Waals surface area contributed by atoms with Crippen LogP contribution < -0.4 is 10.1 Å². The Balaban J connectivity index is 1.89. The van der Waals surface area contributed by atoms with Crippen LogP contribution in [-0.2, 0) is 11.3 Å². The lowest BCUT2D eigenvalue weighted by atomic mass is 10.3. The molecule has 0 aliphatic heterocycles. The fourth-order valence-corrected chi connectivity index (χ4v) is 2.01. The summed E-state index contributed by atoms with van der Waals surface area (Å²) in [5.41, 5.74) is 0.304. The number of amides is 1. The summed E-state index contributed by atoms with van der Waals surface area (Å²) in [7, 11) is 0. The summed E-state index contributed by atoms with van der Waals surface area (Å²) in [6.07, 6.45) is 1.39. The zero-order valence-electron chi connectivity index (χ0n) is 12.0. The van der Waals surface area contributed by atoms with E-state index in [9.17, 15) is 23.7 Å². The van der Waals surface area contributed by atoms with E-state index in [1.165, 1.54) is 35.1 Å². The summed E-state index contributed by atoms with van der Waals surface area (Å²) in [5.74, 6) is -0.905.